The number of carbonyl (C=O) groups excluding carboxylic acids is 1. The zero-order valence-corrected chi connectivity index (χ0v) is 16.4. The number of fused-ring (bicyclic) bond motifs is 1. The van der Waals surface area contributed by atoms with E-state index in [1.54, 1.807) is 4.31 Å². The molecule has 4 rings (SSSR count). The molecule has 0 bridgehead atoms. The van der Waals surface area contributed by atoms with Gasteiger partial charge >= 0.3 is 0 Å². The number of nitrogens with zero attached hydrogens (tertiary/aromatic N) is 3. The third-order valence-electron chi connectivity index (χ3n) is 7.32. The Bertz CT molecular complexity index is 652. The molecule has 0 unspecified atom stereocenters. The lowest BCUT2D eigenvalue weighted by molar-refractivity contribution is -0.142. The van der Waals surface area contributed by atoms with E-state index >= 15 is 0 Å². The summed E-state index contributed by atoms with van der Waals surface area (Å²) in [5.74, 6) is 1.08. The molecule has 3 saturated heterocycles. The van der Waals surface area contributed by atoms with Crippen molar-refractivity contribution in [2.45, 2.75) is 39.0 Å². The van der Waals surface area contributed by atoms with Crippen molar-refractivity contribution >= 4 is 15.9 Å². The van der Waals surface area contributed by atoms with Gasteiger partial charge in [0.05, 0.1) is 11.7 Å². The molecule has 4 fully saturated rings. The van der Waals surface area contributed by atoms with Crippen molar-refractivity contribution in [3.8, 4) is 0 Å². The Labute approximate surface area is 151 Å². The summed E-state index contributed by atoms with van der Waals surface area (Å²) < 4.78 is 26.1. The molecule has 0 N–H and O–H groups in total. The SMILES string of the molecule is CCN1CC[C@@]2(CN(S(C)(=O)=O)CC23CCN(CC2CC2)CC3)C1=O. The third kappa shape index (κ3) is 2.82. The van der Waals surface area contributed by atoms with Crippen LogP contribution in [0.2, 0.25) is 0 Å². The van der Waals surface area contributed by atoms with E-state index in [1.807, 2.05) is 11.8 Å². The summed E-state index contributed by atoms with van der Waals surface area (Å²) in [4.78, 5) is 17.7. The van der Waals surface area contributed by atoms with Gasteiger partial charge in [0.25, 0.3) is 0 Å². The zero-order chi connectivity index (χ0) is 17.9. The summed E-state index contributed by atoms with van der Waals surface area (Å²) in [5, 5.41) is 0. The normalized spacial score (nSPS) is 33.8. The first kappa shape index (κ1) is 17.7. The van der Waals surface area contributed by atoms with Crippen LogP contribution < -0.4 is 0 Å². The van der Waals surface area contributed by atoms with Gasteiger partial charge in [-0.05, 0) is 58.0 Å². The summed E-state index contributed by atoms with van der Waals surface area (Å²) in [5.41, 5.74) is -0.658. The molecule has 7 heteroatoms. The average molecular weight is 370 g/mol. The molecule has 1 atom stereocenters. The Hall–Kier alpha value is -0.660. The maximum absolute atomic E-state index is 13.3. The van der Waals surface area contributed by atoms with Crippen LogP contribution >= 0.6 is 0 Å². The van der Waals surface area contributed by atoms with Crippen LogP contribution in [0, 0.1) is 16.7 Å². The van der Waals surface area contributed by atoms with E-state index in [9.17, 15) is 13.2 Å². The second-order valence-electron chi connectivity index (χ2n) is 8.77. The van der Waals surface area contributed by atoms with Crippen molar-refractivity contribution in [2.75, 3.05) is 52.1 Å². The quantitative estimate of drug-likeness (QED) is 0.742. The van der Waals surface area contributed by atoms with E-state index < -0.39 is 15.4 Å². The van der Waals surface area contributed by atoms with Crippen LogP contribution in [0.15, 0.2) is 0 Å². The van der Waals surface area contributed by atoms with Gasteiger partial charge < -0.3 is 9.80 Å². The van der Waals surface area contributed by atoms with Gasteiger partial charge in [0.1, 0.15) is 0 Å². The topological polar surface area (TPSA) is 60.9 Å². The molecule has 0 aromatic heterocycles. The number of likely N-dealkylation sites (tertiary alicyclic amines) is 2. The lowest BCUT2D eigenvalue weighted by atomic mass is 9.60. The van der Waals surface area contributed by atoms with Crippen molar-refractivity contribution in [2.24, 2.45) is 16.7 Å². The van der Waals surface area contributed by atoms with E-state index in [4.69, 9.17) is 0 Å². The van der Waals surface area contributed by atoms with Crippen molar-refractivity contribution in [1.29, 1.82) is 0 Å². The van der Waals surface area contributed by atoms with Crippen LogP contribution in [-0.4, -0.2) is 80.5 Å². The third-order valence-corrected chi connectivity index (χ3v) is 8.52. The zero-order valence-electron chi connectivity index (χ0n) is 15.5. The van der Waals surface area contributed by atoms with E-state index in [-0.39, 0.29) is 11.3 Å². The maximum atomic E-state index is 13.3. The first-order chi connectivity index (χ1) is 11.8. The van der Waals surface area contributed by atoms with Gasteiger partial charge in [0.15, 0.2) is 0 Å². The fraction of sp³-hybridized carbons (Fsp3) is 0.944. The molecule has 142 valence electrons. The first-order valence-electron chi connectivity index (χ1n) is 9.77. The van der Waals surface area contributed by atoms with Crippen molar-refractivity contribution in [3.63, 3.8) is 0 Å². The number of sulfonamides is 1. The lowest BCUT2D eigenvalue weighted by Crippen LogP contribution is -2.53. The summed E-state index contributed by atoms with van der Waals surface area (Å²) >= 11 is 0. The first-order valence-corrected chi connectivity index (χ1v) is 11.6. The van der Waals surface area contributed by atoms with Gasteiger partial charge in [-0.2, -0.15) is 0 Å². The van der Waals surface area contributed by atoms with Crippen LogP contribution in [0.1, 0.15) is 39.0 Å². The van der Waals surface area contributed by atoms with E-state index in [0.29, 0.717) is 13.1 Å². The Morgan fingerprint density at radius 1 is 1.08 bits per heavy atom. The highest BCUT2D eigenvalue weighted by molar-refractivity contribution is 7.88. The van der Waals surface area contributed by atoms with Gasteiger partial charge in [-0.15, -0.1) is 0 Å². The minimum Gasteiger partial charge on any atom is -0.342 e. The molecule has 1 saturated carbocycles. The largest absolute Gasteiger partial charge is 0.342 e. The molecule has 1 amide bonds. The molecule has 0 radical (unpaired) electrons. The minimum absolute atomic E-state index is 0.170. The second kappa shape index (κ2) is 5.92. The van der Waals surface area contributed by atoms with Crippen molar-refractivity contribution < 1.29 is 13.2 Å². The van der Waals surface area contributed by atoms with Crippen molar-refractivity contribution in [1.82, 2.24) is 14.1 Å². The molecule has 2 spiro atoms. The second-order valence-corrected chi connectivity index (χ2v) is 10.8. The predicted molar refractivity (Wildman–Crippen MR) is 96.6 cm³/mol. The number of rotatable bonds is 4. The molecular weight excluding hydrogens is 338 g/mol. The molecule has 0 aromatic carbocycles. The highest BCUT2D eigenvalue weighted by atomic mass is 32.2. The number of carbonyl (C=O) groups is 1. The molecule has 25 heavy (non-hydrogen) atoms. The fourth-order valence-electron chi connectivity index (χ4n) is 5.49. The molecule has 3 aliphatic heterocycles. The molecule has 4 aliphatic rings. The highest BCUT2D eigenvalue weighted by Crippen LogP contribution is 2.58. The highest BCUT2D eigenvalue weighted by Gasteiger charge is 2.66. The van der Waals surface area contributed by atoms with E-state index in [1.165, 1.54) is 25.6 Å². The minimum atomic E-state index is -3.26. The smallest absolute Gasteiger partial charge is 0.230 e. The van der Waals surface area contributed by atoms with Gasteiger partial charge in [-0.25, -0.2) is 12.7 Å². The molecule has 0 aromatic rings. The molecule has 1 aliphatic carbocycles. The summed E-state index contributed by atoms with van der Waals surface area (Å²) in [6.07, 6.45) is 6.73. The lowest BCUT2D eigenvalue weighted by Gasteiger charge is -2.47. The standard InChI is InChI=1S/C18H31N3O3S/c1-3-20-11-8-18(16(20)22)14-21(25(2,23)24)13-17(18)6-9-19(10-7-17)12-15-4-5-15/h15H,3-14H2,1-2H3/t18-/m1/s1. The van der Waals surface area contributed by atoms with Crippen LogP contribution in [0.4, 0.5) is 0 Å². The summed E-state index contributed by atoms with van der Waals surface area (Å²) in [6, 6.07) is 0. The molecule has 6 nitrogen and oxygen atoms in total. The van der Waals surface area contributed by atoms with Gasteiger partial charge in [-0.1, -0.05) is 0 Å². The molecule has 3 heterocycles. The van der Waals surface area contributed by atoms with Crippen LogP contribution in [0.3, 0.4) is 0 Å². The number of hydrogen-bond donors (Lipinski definition) is 0. The van der Waals surface area contributed by atoms with Gasteiger partial charge in [-0.3, -0.25) is 4.79 Å². The van der Waals surface area contributed by atoms with E-state index in [2.05, 4.69) is 4.90 Å². The maximum Gasteiger partial charge on any atom is 0.230 e. The number of hydrogen-bond acceptors (Lipinski definition) is 4. The fourth-order valence-corrected chi connectivity index (χ4v) is 6.43. The monoisotopic (exact) mass is 369 g/mol. The predicted octanol–water partition coefficient (Wildman–Crippen LogP) is 0.992. The molecular formula is C18H31N3O3S. The van der Waals surface area contributed by atoms with Crippen molar-refractivity contribution in [3.05, 3.63) is 0 Å². The number of amides is 1. The van der Waals surface area contributed by atoms with Crippen LogP contribution in [0.25, 0.3) is 0 Å². The Morgan fingerprint density at radius 3 is 2.28 bits per heavy atom. The van der Waals surface area contributed by atoms with Gasteiger partial charge in [0, 0.05) is 38.1 Å². The Morgan fingerprint density at radius 2 is 1.76 bits per heavy atom. The van der Waals surface area contributed by atoms with E-state index in [0.717, 1.165) is 51.4 Å². The van der Waals surface area contributed by atoms with Crippen LogP contribution in [-0.2, 0) is 14.8 Å². The summed E-state index contributed by atoms with van der Waals surface area (Å²) in [7, 11) is -3.26. The average Bonchev–Trinajstić information content (AvgIpc) is 3.24. The Balaban J connectivity index is 1.60. The van der Waals surface area contributed by atoms with Crippen LogP contribution in [0.5, 0.6) is 0 Å². The number of piperidine rings is 1. The van der Waals surface area contributed by atoms with Gasteiger partial charge in [0.2, 0.25) is 15.9 Å². The summed E-state index contributed by atoms with van der Waals surface area (Å²) in [6.45, 7) is 7.66. The Kier molecular flexibility index (Phi) is 4.20.